The lowest BCUT2D eigenvalue weighted by Gasteiger charge is -2.16. The first-order valence-electron chi connectivity index (χ1n) is 6.52. The van der Waals surface area contributed by atoms with Gasteiger partial charge in [-0.15, -0.1) is 0 Å². The number of halogens is 4. The molecule has 0 saturated carbocycles. The predicted molar refractivity (Wildman–Crippen MR) is 68.6 cm³/mol. The van der Waals surface area contributed by atoms with Crippen LogP contribution in [0.3, 0.4) is 0 Å². The summed E-state index contributed by atoms with van der Waals surface area (Å²) in [6.45, 7) is 1.65. The molecular weight excluding hydrogens is 290 g/mol. The summed E-state index contributed by atoms with van der Waals surface area (Å²) in [6, 6.07) is 0.159. The fourth-order valence-corrected chi connectivity index (χ4v) is 2.13. The second-order valence-corrected chi connectivity index (χ2v) is 5.10. The Hall–Kier alpha value is -1.63. The van der Waals surface area contributed by atoms with Crippen LogP contribution in [0.2, 0.25) is 0 Å². The standard InChI is InChI=1S/C14H17F4NO2/c1-7(4-8(6-19)14(20)21)2-3-9-12(17)10(15)5-11(16)13(9)18/h5,7-8H,2-4,6,19H2,1H3,(H,20,21). The SMILES string of the molecule is CC(CCc1c(F)c(F)cc(F)c1F)CC(CN)C(=O)O. The summed E-state index contributed by atoms with van der Waals surface area (Å²) in [5, 5.41) is 8.87. The van der Waals surface area contributed by atoms with Gasteiger partial charge in [0.15, 0.2) is 23.3 Å². The molecule has 21 heavy (non-hydrogen) atoms. The van der Waals surface area contributed by atoms with Crippen molar-refractivity contribution in [3.8, 4) is 0 Å². The highest BCUT2D eigenvalue weighted by Crippen LogP contribution is 2.24. The van der Waals surface area contributed by atoms with Crippen LogP contribution in [0.25, 0.3) is 0 Å². The molecule has 0 heterocycles. The summed E-state index contributed by atoms with van der Waals surface area (Å²) in [5.74, 6) is -7.70. The number of carboxylic acid groups (broad SMARTS) is 1. The molecule has 2 unspecified atom stereocenters. The van der Waals surface area contributed by atoms with E-state index in [1.165, 1.54) is 0 Å². The number of carboxylic acids is 1. The Morgan fingerprint density at radius 1 is 1.24 bits per heavy atom. The lowest BCUT2D eigenvalue weighted by molar-refractivity contribution is -0.141. The van der Waals surface area contributed by atoms with E-state index in [9.17, 15) is 22.4 Å². The maximum absolute atomic E-state index is 13.5. The molecule has 118 valence electrons. The van der Waals surface area contributed by atoms with Crippen molar-refractivity contribution in [3.05, 3.63) is 34.9 Å². The Bertz CT molecular complexity index is 496. The van der Waals surface area contributed by atoms with E-state index in [-0.39, 0.29) is 37.8 Å². The van der Waals surface area contributed by atoms with Gasteiger partial charge < -0.3 is 10.8 Å². The number of hydrogen-bond acceptors (Lipinski definition) is 2. The van der Waals surface area contributed by atoms with Gasteiger partial charge in [-0.1, -0.05) is 6.92 Å². The summed E-state index contributed by atoms with van der Waals surface area (Å²) in [7, 11) is 0. The van der Waals surface area contributed by atoms with Gasteiger partial charge in [-0.2, -0.15) is 0 Å². The Labute approximate surface area is 119 Å². The maximum atomic E-state index is 13.5. The van der Waals surface area contributed by atoms with Crippen molar-refractivity contribution >= 4 is 5.97 Å². The number of aliphatic carboxylic acids is 1. The highest BCUT2D eigenvalue weighted by atomic mass is 19.2. The zero-order chi connectivity index (χ0) is 16.2. The number of benzene rings is 1. The molecule has 3 nitrogen and oxygen atoms in total. The predicted octanol–water partition coefficient (Wildman–Crippen LogP) is 2.86. The molecule has 0 saturated heterocycles. The first kappa shape index (κ1) is 17.4. The summed E-state index contributed by atoms with van der Waals surface area (Å²) in [6.07, 6.45) is 0.206. The van der Waals surface area contributed by atoms with E-state index in [4.69, 9.17) is 10.8 Å². The van der Waals surface area contributed by atoms with Crippen LogP contribution >= 0.6 is 0 Å². The van der Waals surface area contributed by atoms with Crippen molar-refractivity contribution in [3.63, 3.8) is 0 Å². The van der Waals surface area contributed by atoms with Crippen LogP contribution in [0.1, 0.15) is 25.3 Å². The average molecular weight is 307 g/mol. The third kappa shape index (κ3) is 4.42. The van der Waals surface area contributed by atoms with Crippen LogP contribution in [0.4, 0.5) is 17.6 Å². The molecule has 0 fully saturated rings. The number of carbonyl (C=O) groups is 1. The van der Waals surface area contributed by atoms with Gasteiger partial charge in [-0.05, 0) is 25.2 Å². The minimum atomic E-state index is -1.44. The summed E-state index contributed by atoms with van der Waals surface area (Å²) < 4.78 is 53.0. The van der Waals surface area contributed by atoms with E-state index in [0.29, 0.717) is 0 Å². The van der Waals surface area contributed by atoms with Crippen molar-refractivity contribution in [1.82, 2.24) is 0 Å². The molecule has 0 aliphatic carbocycles. The highest BCUT2D eigenvalue weighted by molar-refractivity contribution is 5.70. The molecule has 0 aromatic heterocycles. The van der Waals surface area contributed by atoms with Gasteiger partial charge in [0.05, 0.1) is 5.92 Å². The fourth-order valence-electron chi connectivity index (χ4n) is 2.13. The zero-order valence-electron chi connectivity index (χ0n) is 11.5. The molecule has 1 aromatic carbocycles. The van der Waals surface area contributed by atoms with Gasteiger partial charge in [-0.3, -0.25) is 4.79 Å². The van der Waals surface area contributed by atoms with E-state index in [1.807, 2.05) is 0 Å². The molecule has 1 rings (SSSR count). The van der Waals surface area contributed by atoms with Crippen LogP contribution in [0.5, 0.6) is 0 Å². The van der Waals surface area contributed by atoms with Gasteiger partial charge in [0.1, 0.15) is 0 Å². The molecule has 2 atom stereocenters. The first-order valence-corrected chi connectivity index (χ1v) is 6.52. The third-order valence-corrected chi connectivity index (χ3v) is 3.41. The zero-order valence-corrected chi connectivity index (χ0v) is 11.5. The number of rotatable bonds is 7. The third-order valence-electron chi connectivity index (χ3n) is 3.41. The molecule has 0 bridgehead atoms. The van der Waals surface area contributed by atoms with Gasteiger partial charge in [0, 0.05) is 18.2 Å². The lowest BCUT2D eigenvalue weighted by atomic mass is 9.91. The molecule has 0 amide bonds. The quantitative estimate of drug-likeness (QED) is 0.601. The first-order chi connectivity index (χ1) is 9.77. The van der Waals surface area contributed by atoms with Gasteiger partial charge >= 0.3 is 5.97 Å². The maximum Gasteiger partial charge on any atom is 0.307 e. The Morgan fingerprint density at radius 2 is 1.76 bits per heavy atom. The minimum Gasteiger partial charge on any atom is -0.481 e. The van der Waals surface area contributed by atoms with Crippen molar-refractivity contribution in [2.75, 3.05) is 6.54 Å². The van der Waals surface area contributed by atoms with Crippen molar-refractivity contribution in [2.45, 2.75) is 26.2 Å². The summed E-state index contributed by atoms with van der Waals surface area (Å²) >= 11 is 0. The average Bonchev–Trinajstić information content (AvgIpc) is 2.42. The monoisotopic (exact) mass is 307 g/mol. The Kier molecular flexibility index (Phi) is 6.14. The molecule has 3 N–H and O–H groups in total. The smallest absolute Gasteiger partial charge is 0.307 e. The lowest BCUT2D eigenvalue weighted by Crippen LogP contribution is -2.25. The Balaban J connectivity index is 2.74. The second kappa shape index (κ2) is 7.40. The topological polar surface area (TPSA) is 63.3 Å². The van der Waals surface area contributed by atoms with Crippen molar-refractivity contribution in [2.24, 2.45) is 17.6 Å². The van der Waals surface area contributed by atoms with Gasteiger partial charge in [0.25, 0.3) is 0 Å². The minimum absolute atomic E-state index is 0.0447. The molecule has 0 aliphatic heterocycles. The molecule has 1 aromatic rings. The largest absolute Gasteiger partial charge is 0.481 e. The van der Waals surface area contributed by atoms with E-state index < -0.39 is 40.7 Å². The fraction of sp³-hybridized carbons (Fsp3) is 0.500. The molecule has 0 aliphatic rings. The normalized spacial score (nSPS) is 14.0. The van der Waals surface area contributed by atoms with Crippen LogP contribution in [0.15, 0.2) is 6.07 Å². The molecule has 0 radical (unpaired) electrons. The number of nitrogens with two attached hydrogens (primary N) is 1. The van der Waals surface area contributed by atoms with Gasteiger partial charge in [-0.25, -0.2) is 17.6 Å². The van der Waals surface area contributed by atoms with Crippen molar-refractivity contribution in [1.29, 1.82) is 0 Å². The van der Waals surface area contributed by atoms with Crippen LogP contribution in [0, 0.1) is 35.1 Å². The highest BCUT2D eigenvalue weighted by Gasteiger charge is 2.22. The van der Waals surface area contributed by atoms with Crippen LogP contribution in [-0.2, 0) is 11.2 Å². The second-order valence-electron chi connectivity index (χ2n) is 5.10. The van der Waals surface area contributed by atoms with Crippen LogP contribution < -0.4 is 5.73 Å². The Morgan fingerprint density at radius 3 is 2.19 bits per heavy atom. The van der Waals surface area contributed by atoms with Gasteiger partial charge in [0.2, 0.25) is 0 Å². The summed E-state index contributed by atoms with van der Waals surface area (Å²) in [4.78, 5) is 10.8. The van der Waals surface area contributed by atoms with E-state index >= 15 is 0 Å². The van der Waals surface area contributed by atoms with E-state index in [0.717, 1.165) is 0 Å². The van der Waals surface area contributed by atoms with Crippen molar-refractivity contribution < 1.29 is 27.5 Å². The summed E-state index contributed by atoms with van der Waals surface area (Å²) in [5.41, 5.74) is 4.66. The molecular formula is C14H17F4NO2. The molecule has 7 heteroatoms. The van der Waals surface area contributed by atoms with E-state index in [2.05, 4.69) is 0 Å². The number of hydrogen-bond donors (Lipinski definition) is 2. The molecule has 0 spiro atoms. The van der Waals surface area contributed by atoms with Crippen LogP contribution in [-0.4, -0.2) is 17.6 Å². The van der Waals surface area contributed by atoms with E-state index in [1.54, 1.807) is 6.92 Å².